The van der Waals surface area contributed by atoms with Crippen molar-refractivity contribution in [2.24, 2.45) is 5.92 Å². The van der Waals surface area contributed by atoms with E-state index in [1.807, 2.05) is 48.5 Å². The average Bonchev–Trinajstić information content (AvgIpc) is 3.55. The van der Waals surface area contributed by atoms with Crippen molar-refractivity contribution in [3.05, 3.63) is 95.4 Å². The highest BCUT2D eigenvalue weighted by molar-refractivity contribution is 6.01. The van der Waals surface area contributed by atoms with Crippen LogP contribution in [0.25, 0.3) is 22.0 Å². The number of fused-ring (bicyclic) bond motifs is 1. The summed E-state index contributed by atoms with van der Waals surface area (Å²) < 4.78 is 19.7. The molecule has 1 fully saturated rings. The highest BCUT2D eigenvalue weighted by Crippen LogP contribution is 2.48. The summed E-state index contributed by atoms with van der Waals surface area (Å²) in [4.78, 5) is 0. The van der Waals surface area contributed by atoms with E-state index in [1.165, 1.54) is 5.57 Å². The molecule has 1 aliphatic carbocycles. The maximum atomic E-state index is 14.2. The van der Waals surface area contributed by atoms with Crippen LogP contribution in [0.2, 0.25) is 0 Å². The lowest BCUT2D eigenvalue weighted by Gasteiger charge is -2.17. The molecule has 0 atom stereocenters. The maximum Gasteiger partial charge on any atom is 0.240 e. The van der Waals surface area contributed by atoms with Crippen LogP contribution in [-0.4, -0.2) is 17.3 Å². The Morgan fingerprint density at radius 3 is 2.72 bits per heavy atom. The van der Waals surface area contributed by atoms with Gasteiger partial charge < -0.3 is 4.74 Å². The number of rotatable bonds is 5. The average molecular weight is 383 g/mol. The molecule has 0 spiro atoms. The van der Waals surface area contributed by atoms with Gasteiger partial charge in [0, 0.05) is 0 Å². The quantitative estimate of drug-likeness (QED) is 0.437. The molecular formula is C25H20FN2O. The molecule has 1 saturated carbocycles. The Labute approximate surface area is 168 Å². The van der Waals surface area contributed by atoms with Crippen molar-refractivity contribution in [3.63, 3.8) is 0 Å². The Morgan fingerprint density at radius 2 is 1.97 bits per heavy atom. The summed E-state index contributed by atoms with van der Waals surface area (Å²) in [6.45, 7) is 0. The molecule has 3 aromatic carbocycles. The third-order valence-corrected chi connectivity index (χ3v) is 5.42. The number of hydrogen-bond acceptors (Lipinski definition) is 2. The fraction of sp³-hybridized carbons (Fsp3) is 0.160. The Bertz CT molecular complexity index is 1210. The van der Waals surface area contributed by atoms with Crippen molar-refractivity contribution < 1.29 is 9.13 Å². The van der Waals surface area contributed by atoms with Gasteiger partial charge in [0.05, 0.1) is 18.0 Å². The van der Waals surface area contributed by atoms with Crippen LogP contribution in [0.1, 0.15) is 29.5 Å². The molecule has 143 valence electrons. The molecule has 29 heavy (non-hydrogen) atoms. The number of ether oxygens (including phenoxy) is 1. The van der Waals surface area contributed by atoms with E-state index in [1.54, 1.807) is 7.11 Å². The van der Waals surface area contributed by atoms with Gasteiger partial charge in [-0.05, 0) is 76.9 Å². The third kappa shape index (κ3) is 3.31. The number of allylic oxidation sites excluding steroid dienone is 1. The normalized spacial score (nSPS) is 14.7. The van der Waals surface area contributed by atoms with E-state index < -0.39 is 5.95 Å². The zero-order valence-electron chi connectivity index (χ0n) is 16.1. The van der Waals surface area contributed by atoms with E-state index >= 15 is 0 Å². The molecule has 0 amide bonds. The van der Waals surface area contributed by atoms with Gasteiger partial charge in [-0.15, -0.1) is 5.10 Å². The smallest absolute Gasteiger partial charge is 0.240 e. The van der Waals surface area contributed by atoms with Crippen molar-refractivity contribution in [2.45, 2.75) is 12.8 Å². The number of nitrogens with zero attached hydrogens (tertiary/aromatic N) is 1. The zero-order chi connectivity index (χ0) is 19.8. The molecule has 5 rings (SSSR count). The molecule has 3 nitrogen and oxygen atoms in total. The lowest BCUT2D eigenvalue weighted by atomic mass is 9.86. The standard InChI is InChI=1S/C25H20FN2O/c1-29-20-9-5-8-18(14-20)24(17-10-11-17)23(16-6-3-2-4-7-16)19-12-13-22-21(15-19)25(26)28-27-22/h2-6,8-9,12-15,17H,10-11H2,1H3,(H,27,28)/b24-23+. The first-order valence-corrected chi connectivity index (χ1v) is 9.74. The van der Waals surface area contributed by atoms with Crippen molar-refractivity contribution in [3.8, 4) is 5.75 Å². The predicted molar refractivity (Wildman–Crippen MR) is 113 cm³/mol. The van der Waals surface area contributed by atoms with Crippen LogP contribution in [-0.2, 0) is 0 Å². The number of hydrogen-bond donors (Lipinski definition) is 1. The largest absolute Gasteiger partial charge is 0.497 e. The Hall–Kier alpha value is -3.40. The number of methoxy groups -OCH3 is 1. The molecule has 0 bridgehead atoms. The van der Waals surface area contributed by atoms with E-state index in [2.05, 4.69) is 34.5 Å². The minimum absolute atomic E-state index is 0.468. The Morgan fingerprint density at radius 1 is 1.07 bits per heavy atom. The van der Waals surface area contributed by atoms with Crippen molar-refractivity contribution >= 4 is 22.0 Å². The van der Waals surface area contributed by atoms with E-state index in [4.69, 9.17) is 4.74 Å². The minimum Gasteiger partial charge on any atom is -0.497 e. The second-order valence-electron chi connectivity index (χ2n) is 7.35. The minimum atomic E-state index is -0.479. The van der Waals surface area contributed by atoms with Crippen LogP contribution in [0.5, 0.6) is 5.75 Å². The molecule has 1 N–H and O–H groups in total. The van der Waals surface area contributed by atoms with E-state index in [0.29, 0.717) is 16.8 Å². The van der Waals surface area contributed by atoms with Crippen molar-refractivity contribution in [1.29, 1.82) is 0 Å². The lowest BCUT2D eigenvalue weighted by molar-refractivity contribution is 0.414. The highest BCUT2D eigenvalue weighted by atomic mass is 19.1. The fourth-order valence-corrected chi connectivity index (χ4v) is 3.89. The summed E-state index contributed by atoms with van der Waals surface area (Å²) in [5.41, 5.74) is 6.13. The van der Waals surface area contributed by atoms with Gasteiger partial charge in [0.15, 0.2) is 0 Å². The van der Waals surface area contributed by atoms with Gasteiger partial charge in [-0.3, -0.25) is 5.10 Å². The number of H-pyrrole nitrogens is 1. The van der Waals surface area contributed by atoms with Gasteiger partial charge in [-0.2, -0.15) is 4.39 Å². The number of aromatic amines is 1. The van der Waals surface area contributed by atoms with Gasteiger partial charge in [-0.25, -0.2) is 0 Å². The van der Waals surface area contributed by atoms with Crippen LogP contribution in [0.4, 0.5) is 4.39 Å². The van der Waals surface area contributed by atoms with Crippen molar-refractivity contribution in [1.82, 2.24) is 10.2 Å². The molecule has 0 aliphatic heterocycles. The maximum absolute atomic E-state index is 14.2. The molecule has 0 saturated heterocycles. The summed E-state index contributed by atoms with van der Waals surface area (Å²) in [7, 11) is 1.68. The van der Waals surface area contributed by atoms with Gasteiger partial charge in [0.2, 0.25) is 5.95 Å². The van der Waals surface area contributed by atoms with Crippen LogP contribution < -0.4 is 4.74 Å². The van der Waals surface area contributed by atoms with Gasteiger partial charge in [0.25, 0.3) is 0 Å². The summed E-state index contributed by atoms with van der Waals surface area (Å²) in [5.74, 6) is 0.816. The van der Waals surface area contributed by atoms with Crippen LogP contribution >= 0.6 is 0 Å². The summed E-state index contributed by atoms with van der Waals surface area (Å²) in [6.07, 6.45) is 2.29. The Balaban J connectivity index is 1.80. The molecular weight excluding hydrogens is 363 g/mol. The monoisotopic (exact) mass is 383 g/mol. The van der Waals surface area contributed by atoms with E-state index in [-0.39, 0.29) is 0 Å². The highest BCUT2D eigenvalue weighted by Gasteiger charge is 2.31. The molecule has 4 aromatic rings. The zero-order valence-corrected chi connectivity index (χ0v) is 16.1. The van der Waals surface area contributed by atoms with Crippen LogP contribution in [0.15, 0.2) is 66.7 Å². The molecule has 1 aliphatic rings. The van der Waals surface area contributed by atoms with Gasteiger partial charge in [-0.1, -0.05) is 42.5 Å². The first-order chi connectivity index (χ1) is 14.2. The number of benzene rings is 3. The number of aromatic nitrogens is 2. The second-order valence-corrected chi connectivity index (χ2v) is 7.35. The number of halogens is 1. The van der Waals surface area contributed by atoms with E-state index in [0.717, 1.165) is 40.9 Å². The molecule has 1 radical (unpaired) electrons. The van der Waals surface area contributed by atoms with Gasteiger partial charge >= 0.3 is 0 Å². The SMILES string of the molecule is COc1cccc(/C(=C(\c2[c]cccc2)c2ccc3[nH]nc(F)c3c2)C2CC2)c1. The summed E-state index contributed by atoms with van der Waals surface area (Å²) >= 11 is 0. The molecule has 1 heterocycles. The first kappa shape index (κ1) is 17.7. The first-order valence-electron chi connectivity index (χ1n) is 9.74. The number of nitrogens with one attached hydrogen (secondary N) is 1. The van der Waals surface area contributed by atoms with Crippen molar-refractivity contribution in [2.75, 3.05) is 7.11 Å². The van der Waals surface area contributed by atoms with Crippen LogP contribution in [0, 0.1) is 17.9 Å². The molecule has 4 heteroatoms. The topological polar surface area (TPSA) is 37.9 Å². The Kier molecular flexibility index (Phi) is 4.39. The lowest BCUT2D eigenvalue weighted by Crippen LogP contribution is -1.98. The molecule has 1 aromatic heterocycles. The van der Waals surface area contributed by atoms with E-state index in [9.17, 15) is 4.39 Å². The third-order valence-electron chi connectivity index (χ3n) is 5.42. The molecule has 0 unspecified atom stereocenters. The second kappa shape index (κ2) is 7.21. The van der Waals surface area contributed by atoms with Gasteiger partial charge in [0.1, 0.15) is 5.75 Å². The summed E-state index contributed by atoms with van der Waals surface area (Å²) in [6, 6.07) is 25.3. The predicted octanol–water partition coefficient (Wildman–Crippen LogP) is 5.88. The fourth-order valence-electron chi connectivity index (χ4n) is 3.89. The summed E-state index contributed by atoms with van der Waals surface area (Å²) in [5, 5.41) is 6.95. The van der Waals surface area contributed by atoms with Crippen LogP contribution in [0.3, 0.4) is 0 Å².